The van der Waals surface area contributed by atoms with Gasteiger partial charge in [-0.3, -0.25) is 4.79 Å². The van der Waals surface area contributed by atoms with Crippen molar-refractivity contribution >= 4 is 43.4 Å². The molecule has 0 saturated heterocycles. The van der Waals surface area contributed by atoms with Crippen LogP contribution in [0.3, 0.4) is 0 Å². The van der Waals surface area contributed by atoms with Crippen LogP contribution in [0.25, 0.3) is 21.8 Å². The average Bonchev–Trinajstić information content (AvgIpc) is 3.15. The molecule has 0 spiro atoms. The zero-order valence-corrected chi connectivity index (χ0v) is 20.4. The van der Waals surface area contributed by atoms with E-state index in [-0.39, 0.29) is 17.4 Å². The quantitative estimate of drug-likeness (QED) is 0.360. The van der Waals surface area contributed by atoms with Crippen molar-refractivity contribution in [1.29, 1.82) is 0 Å². The Labute approximate surface area is 199 Å². The van der Waals surface area contributed by atoms with Gasteiger partial charge in [0.2, 0.25) is 10.0 Å². The van der Waals surface area contributed by atoms with Gasteiger partial charge in [-0.2, -0.15) is 0 Å². The van der Waals surface area contributed by atoms with E-state index in [0.717, 1.165) is 28.4 Å². The molecule has 0 aliphatic rings. The Morgan fingerprint density at radius 1 is 0.971 bits per heavy atom. The highest BCUT2D eigenvalue weighted by atomic mass is 32.2. The molecule has 0 atom stereocenters. The second-order valence-corrected chi connectivity index (χ2v) is 9.92. The Morgan fingerprint density at radius 2 is 1.74 bits per heavy atom. The van der Waals surface area contributed by atoms with Gasteiger partial charge in [0.25, 0.3) is 5.91 Å². The van der Waals surface area contributed by atoms with Crippen LogP contribution < -0.4 is 14.8 Å². The Bertz CT molecular complexity index is 1460. The highest BCUT2D eigenvalue weighted by molar-refractivity contribution is 7.89. The molecule has 4 rings (SSSR count). The number of ether oxygens (including phenoxy) is 1. The summed E-state index contributed by atoms with van der Waals surface area (Å²) < 4.78 is 35.1. The van der Waals surface area contributed by atoms with Crippen molar-refractivity contribution in [3.8, 4) is 5.75 Å². The molecule has 4 aromatic rings. The minimum atomic E-state index is -3.55. The van der Waals surface area contributed by atoms with Gasteiger partial charge in [0.05, 0.1) is 4.90 Å². The lowest BCUT2D eigenvalue weighted by Gasteiger charge is -2.12. The first kappa shape index (κ1) is 23.8. The summed E-state index contributed by atoms with van der Waals surface area (Å²) in [7, 11) is -3.55. The lowest BCUT2D eigenvalue weighted by Crippen LogP contribution is -2.24. The monoisotopic (exact) mass is 479 g/mol. The minimum Gasteiger partial charge on any atom is -0.483 e. The second kappa shape index (κ2) is 9.87. The highest BCUT2D eigenvalue weighted by Crippen LogP contribution is 2.31. The fourth-order valence-electron chi connectivity index (χ4n) is 4.08. The van der Waals surface area contributed by atoms with E-state index in [0.29, 0.717) is 30.0 Å². The summed E-state index contributed by atoms with van der Waals surface area (Å²) in [6.07, 6.45) is 0.710. The number of benzene rings is 3. The Morgan fingerprint density at radius 3 is 2.47 bits per heavy atom. The number of anilines is 1. The number of para-hydroxylation sites is 1. The molecule has 1 amide bonds. The van der Waals surface area contributed by atoms with Gasteiger partial charge in [0.15, 0.2) is 6.61 Å². The molecule has 7 nitrogen and oxygen atoms in total. The number of aryl methyl sites for hydroxylation is 2. The normalized spacial score (nSPS) is 11.7. The zero-order chi connectivity index (χ0) is 24.3. The molecular formula is C26H29N3O4S. The van der Waals surface area contributed by atoms with Crippen LogP contribution in [-0.4, -0.2) is 32.0 Å². The molecule has 0 aliphatic heterocycles. The average molecular weight is 480 g/mol. The van der Waals surface area contributed by atoms with Gasteiger partial charge in [-0.05, 0) is 68.3 Å². The van der Waals surface area contributed by atoms with Crippen LogP contribution in [0.2, 0.25) is 0 Å². The van der Waals surface area contributed by atoms with E-state index < -0.39 is 10.0 Å². The molecule has 0 radical (unpaired) electrons. The maximum atomic E-state index is 12.6. The number of nitrogens with one attached hydrogen (secondary N) is 2. The van der Waals surface area contributed by atoms with E-state index >= 15 is 0 Å². The first-order valence-corrected chi connectivity index (χ1v) is 12.9. The van der Waals surface area contributed by atoms with Crippen molar-refractivity contribution in [2.75, 3.05) is 18.5 Å². The molecule has 8 heteroatoms. The van der Waals surface area contributed by atoms with Crippen molar-refractivity contribution in [2.24, 2.45) is 0 Å². The zero-order valence-electron chi connectivity index (χ0n) is 19.6. The van der Waals surface area contributed by atoms with Gasteiger partial charge in [-0.15, -0.1) is 0 Å². The van der Waals surface area contributed by atoms with E-state index in [4.69, 9.17) is 4.74 Å². The van der Waals surface area contributed by atoms with Crippen LogP contribution in [0.5, 0.6) is 5.75 Å². The number of hydrogen-bond donors (Lipinski definition) is 2. The topological polar surface area (TPSA) is 89.4 Å². The van der Waals surface area contributed by atoms with Crippen LogP contribution in [0.4, 0.5) is 5.69 Å². The molecule has 1 aromatic heterocycles. The summed E-state index contributed by atoms with van der Waals surface area (Å²) >= 11 is 0. The van der Waals surface area contributed by atoms with Crippen LogP contribution in [-0.2, 0) is 21.4 Å². The molecule has 0 saturated carbocycles. The lowest BCUT2D eigenvalue weighted by atomic mass is 10.1. The van der Waals surface area contributed by atoms with Crippen molar-refractivity contribution in [3.05, 3.63) is 66.2 Å². The Balaban J connectivity index is 1.46. The number of fused-ring (bicyclic) bond motifs is 3. The van der Waals surface area contributed by atoms with Gasteiger partial charge in [-0.25, -0.2) is 13.1 Å². The third-order valence-electron chi connectivity index (χ3n) is 5.73. The highest BCUT2D eigenvalue weighted by Gasteiger charge is 2.15. The number of rotatable bonds is 9. The van der Waals surface area contributed by atoms with Gasteiger partial charge in [0.1, 0.15) is 5.75 Å². The number of carbonyl (C=O) groups excluding carboxylic acids is 1. The van der Waals surface area contributed by atoms with E-state index in [1.54, 1.807) is 19.1 Å². The molecule has 0 bridgehead atoms. The first-order chi connectivity index (χ1) is 16.3. The van der Waals surface area contributed by atoms with Gasteiger partial charge in [-0.1, -0.05) is 25.1 Å². The predicted molar refractivity (Wildman–Crippen MR) is 136 cm³/mol. The maximum absolute atomic E-state index is 12.6. The summed E-state index contributed by atoms with van der Waals surface area (Å²) in [6.45, 7) is 6.82. The van der Waals surface area contributed by atoms with Crippen molar-refractivity contribution in [2.45, 2.75) is 38.6 Å². The number of sulfonamides is 1. The van der Waals surface area contributed by atoms with E-state index in [1.807, 2.05) is 37.3 Å². The molecule has 3 aromatic carbocycles. The maximum Gasteiger partial charge on any atom is 0.262 e. The third kappa shape index (κ3) is 4.78. The lowest BCUT2D eigenvalue weighted by molar-refractivity contribution is -0.118. The minimum absolute atomic E-state index is 0.176. The summed E-state index contributed by atoms with van der Waals surface area (Å²) in [5.41, 5.74) is 3.62. The predicted octanol–water partition coefficient (Wildman–Crippen LogP) is 4.83. The van der Waals surface area contributed by atoms with Crippen LogP contribution >= 0.6 is 0 Å². The second-order valence-electron chi connectivity index (χ2n) is 8.16. The molecule has 34 heavy (non-hydrogen) atoms. The number of hydrogen-bond acceptors (Lipinski definition) is 4. The molecule has 0 unspecified atom stereocenters. The molecule has 178 valence electrons. The smallest absolute Gasteiger partial charge is 0.262 e. The fraction of sp³-hybridized carbons (Fsp3) is 0.269. The standard InChI is InChI=1S/C26H29N3O4S/c1-4-14-27-34(31,32)20-11-13-25(18(3)15-20)33-17-26(30)28-19-10-12-24-22(16-19)21-8-6-7-9-23(21)29(24)5-2/h6-13,15-16,27H,4-5,14,17H2,1-3H3,(H,28,30). The van der Waals surface area contributed by atoms with Crippen molar-refractivity contribution < 1.29 is 17.9 Å². The molecule has 2 N–H and O–H groups in total. The summed E-state index contributed by atoms with van der Waals surface area (Å²) in [6, 6.07) is 18.7. The molecule has 1 heterocycles. The van der Waals surface area contributed by atoms with Crippen molar-refractivity contribution in [1.82, 2.24) is 9.29 Å². The van der Waals surface area contributed by atoms with E-state index in [2.05, 4.69) is 33.7 Å². The fourth-order valence-corrected chi connectivity index (χ4v) is 5.30. The number of aromatic nitrogens is 1. The summed E-state index contributed by atoms with van der Waals surface area (Å²) in [5.74, 6) is 0.172. The first-order valence-electron chi connectivity index (χ1n) is 11.4. The largest absolute Gasteiger partial charge is 0.483 e. The van der Waals surface area contributed by atoms with E-state index in [9.17, 15) is 13.2 Å². The van der Waals surface area contributed by atoms with E-state index in [1.165, 1.54) is 6.07 Å². The third-order valence-corrected chi connectivity index (χ3v) is 7.19. The van der Waals surface area contributed by atoms with Gasteiger partial charge in [0, 0.05) is 40.6 Å². The molecular weight excluding hydrogens is 450 g/mol. The number of nitrogens with zero attached hydrogens (tertiary/aromatic N) is 1. The van der Waals surface area contributed by atoms with Gasteiger partial charge < -0.3 is 14.6 Å². The van der Waals surface area contributed by atoms with Crippen LogP contribution in [0, 0.1) is 6.92 Å². The van der Waals surface area contributed by atoms with Crippen LogP contribution in [0.15, 0.2) is 65.6 Å². The van der Waals surface area contributed by atoms with Crippen LogP contribution in [0.1, 0.15) is 25.8 Å². The summed E-state index contributed by atoms with van der Waals surface area (Å²) in [4.78, 5) is 12.7. The Hall–Kier alpha value is -3.36. The number of amides is 1. The SMILES string of the molecule is CCCNS(=O)(=O)c1ccc(OCC(=O)Nc2ccc3c(c2)c2ccccc2n3CC)c(C)c1. The summed E-state index contributed by atoms with van der Waals surface area (Å²) in [5, 5.41) is 5.12. The molecule has 0 aliphatic carbocycles. The van der Waals surface area contributed by atoms with Gasteiger partial charge >= 0.3 is 0 Å². The molecule has 0 fully saturated rings. The number of carbonyl (C=O) groups is 1. The Kier molecular flexibility index (Phi) is 6.90. The van der Waals surface area contributed by atoms with Crippen molar-refractivity contribution in [3.63, 3.8) is 0 Å².